The number of carboxylic acids is 1. The van der Waals surface area contributed by atoms with Crippen LogP contribution in [0.1, 0.15) is 40.0 Å². The van der Waals surface area contributed by atoms with Gasteiger partial charge in [0.2, 0.25) is 5.91 Å². The maximum atomic E-state index is 11.4. The Hall–Kier alpha value is -1.50. The normalized spacial score (nSPS) is 12.6. The molecule has 90 valence electrons. The molecule has 0 aromatic rings. The summed E-state index contributed by atoms with van der Waals surface area (Å²) in [7, 11) is 0. The fourth-order valence-corrected chi connectivity index (χ4v) is 1.20. The van der Waals surface area contributed by atoms with Crippen molar-refractivity contribution < 1.29 is 14.7 Å². The predicted molar refractivity (Wildman–Crippen MR) is 61.7 cm³/mol. The van der Waals surface area contributed by atoms with Gasteiger partial charge in [0.05, 0.1) is 6.42 Å². The lowest BCUT2D eigenvalue weighted by Gasteiger charge is -2.30. The molecule has 0 saturated carbocycles. The van der Waals surface area contributed by atoms with Crippen molar-refractivity contribution in [3.63, 3.8) is 0 Å². The Morgan fingerprint density at radius 2 is 2.00 bits per heavy atom. The lowest BCUT2D eigenvalue weighted by atomic mass is 9.84. The number of carbonyl (C=O) groups is 2. The topological polar surface area (TPSA) is 66.4 Å². The Morgan fingerprint density at radius 3 is 2.38 bits per heavy atom. The van der Waals surface area contributed by atoms with E-state index < -0.39 is 5.97 Å². The molecule has 0 spiro atoms. The van der Waals surface area contributed by atoms with Crippen molar-refractivity contribution in [2.45, 2.75) is 46.1 Å². The number of terminal acetylenes is 1. The third kappa shape index (κ3) is 6.07. The monoisotopic (exact) mass is 225 g/mol. The van der Waals surface area contributed by atoms with Crippen molar-refractivity contribution in [1.29, 1.82) is 0 Å². The predicted octanol–water partition coefficient (Wildman–Crippen LogP) is 1.41. The molecular weight excluding hydrogens is 206 g/mol. The van der Waals surface area contributed by atoms with Gasteiger partial charge < -0.3 is 10.4 Å². The molecule has 1 unspecified atom stereocenters. The summed E-state index contributed by atoms with van der Waals surface area (Å²) in [4.78, 5) is 22.1. The van der Waals surface area contributed by atoms with Gasteiger partial charge >= 0.3 is 5.97 Å². The second-order valence-electron chi connectivity index (χ2n) is 4.79. The van der Waals surface area contributed by atoms with E-state index in [1.807, 2.05) is 20.8 Å². The highest BCUT2D eigenvalue weighted by Crippen LogP contribution is 2.21. The van der Waals surface area contributed by atoms with Gasteiger partial charge in [-0.25, -0.2) is 0 Å². The highest BCUT2D eigenvalue weighted by Gasteiger charge is 2.28. The average molecular weight is 225 g/mol. The Kier molecular flexibility index (Phi) is 5.59. The van der Waals surface area contributed by atoms with E-state index in [2.05, 4.69) is 11.2 Å². The van der Waals surface area contributed by atoms with Crippen molar-refractivity contribution in [2.75, 3.05) is 0 Å². The molecule has 0 bridgehead atoms. The summed E-state index contributed by atoms with van der Waals surface area (Å²) in [6, 6.07) is -0.379. The van der Waals surface area contributed by atoms with Gasteiger partial charge in [-0.1, -0.05) is 20.8 Å². The lowest BCUT2D eigenvalue weighted by Crippen LogP contribution is -2.44. The first-order valence-corrected chi connectivity index (χ1v) is 5.22. The van der Waals surface area contributed by atoms with Crippen molar-refractivity contribution in [3.8, 4) is 12.3 Å². The van der Waals surface area contributed by atoms with E-state index in [1.165, 1.54) is 0 Å². The molecule has 4 heteroatoms. The molecule has 16 heavy (non-hydrogen) atoms. The molecule has 0 heterocycles. The number of rotatable bonds is 5. The van der Waals surface area contributed by atoms with E-state index in [0.717, 1.165) is 0 Å². The Morgan fingerprint density at radius 1 is 1.44 bits per heavy atom. The summed E-state index contributed by atoms with van der Waals surface area (Å²) >= 11 is 0. The van der Waals surface area contributed by atoms with Crippen LogP contribution in [0.15, 0.2) is 0 Å². The number of carboxylic acid groups (broad SMARTS) is 1. The minimum absolute atomic E-state index is 0.0781. The van der Waals surface area contributed by atoms with Gasteiger partial charge in [-0.2, -0.15) is 0 Å². The largest absolute Gasteiger partial charge is 0.481 e. The van der Waals surface area contributed by atoms with Crippen LogP contribution in [0.25, 0.3) is 0 Å². The molecule has 0 radical (unpaired) electrons. The molecule has 2 N–H and O–H groups in total. The number of nitrogens with one attached hydrogen (secondary N) is 1. The van der Waals surface area contributed by atoms with Crippen LogP contribution in [0, 0.1) is 17.8 Å². The highest BCUT2D eigenvalue weighted by atomic mass is 16.4. The van der Waals surface area contributed by atoms with E-state index in [4.69, 9.17) is 11.5 Å². The van der Waals surface area contributed by atoms with Gasteiger partial charge in [-0.05, 0) is 5.41 Å². The zero-order chi connectivity index (χ0) is 12.8. The molecule has 4 nitrogen and oxygen atoms in total. The maximum absolute atomic E-state index is 11.4. The van der Waals surface area contributed by atoms with Crippen LogP contribution < -0.4 is 5.32 Å². The minimum atomic E-state index is -0.919. The quantitative estimate of drug-likeness (QED) is 0.695. The molecular formula is C12H19NO3. The van der Waals surface area contributed by atoms with Crippen LogP contribution >= 0.6 is 0 Å². The first-order chi connectivity index (χ1) is 7.27. The molecule has 1 atom stereocenters. The summed E-state index contributed by atoms with van der Waals surface area (Å²) in [6.45, 7) is 5.67. The van der Waals surface area contributed by atoms with Crippen LogP contribution in [-0.2, 0) is 9.59 Å². The third-order valence-electron chi connectivity index (χ3n) is 2.26. The Labute approximate surface area is 96.4 Å². The fourth-order valence-electron chi connectivity index (χ4n) is 1.20. The molecule has 0 aliphatic rings. The van der Waals surface area contributed by atoms with Gasteiger partial charge in [0.1, 0.15) is 0 Å². The molecule has 0 aliphatic carbocycles. The molecule has 0 aromatic heterocycles. The maximum Gasteiger partial charge on any atom is 0.305 e. The standard InChI is InChI=1S/C12H19NO3/c1-5-6-7-10(14)13-9(8-11(15)16)12(2,3)4/h1,9H,6-8H2,2-4H3,(H,13,14)(H,15,16). The van der Waals surface area contributed by atoms with Crippen LogP contribution in [0.2, 0.25) is 0 Å². The van der Waals surface area contributed by atoms with Gasteiger partial charge in [0.15, 0.2) is 0 Å². The summed E-state index contributed by atoms with van der Waals surface area (Å²) in [5.41, 5.74) is -0.288. The zero-order valence-corrected chi connectivity index (χ0v) is 10.0. The van der Waals surface area contributed by atoms with E-state index in [9.17, 15) is 9.59 Å². The minimum Gasteiger partial charge on any atom is -0.481 e. The van der Waals surface area contributed by atoms with Crippen molar-refractivity contribution in [1.82, 2.24) is 5.32 Å². The van der Waals surface area contributed by atoms with Gasteiger partial charge in [0.25, 0.3) is 0 Å². The van der Waals surface area contributed by atoms with Gasteiger partial charge in [-0.3, -0.25) is 9.59 Å². The molecule has 0 aromatic carbocycles. The van der Waals surface area contributed by atoms with E-state index in [0.29, 0.717) is 6.42 Å². The third-order valence-corrected chi connectivity index (χ3v) is 2.26. The number of amides is 1. The number of aliphatic carboxylic acids is 1. The van der Waals surface area contributed by atoms with E-state index in [1.54, 1.807) is 0 Å². The molecule has 0 fully saturated rings. The summed E-state index contributed by atoms with van der Waals surface area (Å²) < 4.78 is 0. The van der Waals surface area contributed by atoms with E-state index >= 15 is 0 Å². The van der Waals surface area contributed by atoms with Gasteiger partial charge in [-0.15, -0.1) is 12.3 Å². The SMILES string of the molecule is C#CCCC(=O)NC(CC(=O)O)C(C)(C)C. The first-order valence-electron chi connectivity index (χ1n) is 5.22. The number of hydrogen-bond donors (Lipinski definition) is 2. The van der Waals surface area contributed by atoms with Crippen molar-refractivity contribution in [3.05, 3.63) is 0 Å². The molecule has 0 saturated heterocycles. The number of hydrogen-bond acceptors (Lipinski definition) is 2. The fraction of sp³-hybridized carbons (Fsp3) is 0.667. The smallest absolute Gasteiger partial charge is 0.305 e. The highest BCUT2D eigenvalue weighted by molar-refractivity contribution is 5.77. The van der Waals surface area contributed by atoms with Gasteiger partial charge in [0, 0.05) is 18.9 Å². The summed E-state index contributed by atoms with van der Waals surface area (Å²) in [5, 5.41) is 11.5. The van der Waals surface area contributed by atoms with Crippen LogP contribution in [0.4, 0.5) is 0 Å². The summed E-state index contributed by atoms with van der Waals surface area (Å²) in [6.07, 6.45) is 5.58. The molecule has 1 amide bonds. The summed E-state index contributed by atoms with van der Waals surface area (Å²) in [5.74, 6) is 1.26. The first kappa shape index (κ1) is 14.5. The second-order valence-corrected chi connectivity index (χ2v) is 4.79. The van der Waals surface area contributed by atoms with Crippen molar-refractivity contribution in [2.24, 2.45) is 5.41 Å². The van der Waals surface area contributed by atoms with Crippen LogP contribution in [0.3, 0.4) is 0 Å². The lowest BCUT2D eigenvalue weighted by molar-refractivity contribution is -0.138. The second kappa shape index (κ2) is 6.16. The van der Waals surface area contributed by atoms with Crippen LogP contribution in [-0.4, -0.2) is 23.0 Å². The molecule has 0 aliphatic heterocycles. The average Bonchev–Trinajstić information content (AvgIpc) is 2.11. The molecule has 0 rings (SSSR count). The Balaban J connectivity index is 4.39. The van der Waals surface area contributed by atoms with E-state index in [-0.39, 0.29) is 30.2 Å². The zero-order valence-electron chi connectivity index (χ0n) is 10.0. The van der Waals surface area contributed by atoms with Crippen LogP contribution in [0.5, 0.6) is 0 Å². The Bertz CT molecular complexity index is 296. The van der Waals surface area contributed by atoms with Crippen molar-refractivity contribution >= 4 is 11.9 Å². The number of carbonyl (C=O) groups excluding carboxylic acids is 1.